The summed E-state index contributed by atoms with van der Waals surface area (Å²) in [5.74, 6) is -1.02. The van der Waals surface area contributed by atoms with Crippen LogP contribution in [-0.2, 0) is 4.79 Å². The fraction of sp³-hybridized carbons (Fsp3) is 0.231. The highest BCUT2D eigenvalue weighted by Crippen LogP contribution is 2.16. The molecule has 0 fully saturated rings. The van der Waals surface area contributed by atoms with Gasteiger partial charge in [0.2, 0.25) is 0 Å². The lowest BCUT2D eigenvalue weighted by Gasteiger charge is -2.05. The smallest absolute Gasteiger partial charge is 0.328 e. The minimum Gasteiger partial charge on any atom is -0.478 e. The Hall–Kier alpha value is -1.42. The largest absolute Gasteiger partial charge is 0.478 e. The molecule has 1 N–H and O–H groups in total. The molecule has 0 amide bonds. The summed E-state index contributed by atoms with van der Waals surface area (Å²) in [4.78, 5) is 22.3. The molecule has 1 rings (SSSR count). The number of aryl methyl sites for hydroxylation is 1. The van der Waals surface area contributed by atoms with Gasteiger partial charge in [0.05, 0.1) is 0 Å². The maximum Gasteiger partial charge on any atom is 0.328 e. The number of Topliss-reactive ketones (excluding diaryl/α,β-unsaturated/α-hetero) is 1. The molecule has 0 saturated carbocycles. The number of benzene rings is 1. The van der Waals surface area contributed by atoms with Crippen molar-refractivity contribution in [3.05, 3.63) is 41.0 Å². The van der Waals surface area contributed by atoms with E-state index in [2.05, 4.69) is 15.9 Å². The Kier molecular flexibility index (Phi) is 5.10. The van der Waals surface area contributed by atoms with E-state index >= 15 is 0 Å². The Morgan fingerprint density at radius 1 is 1.41 bits per heavy atom. The molecule has 0 bridgehead atoms. The maximum atomic E-state index is 11.8. The first kappa shape index (κ1) is 13.6. The number of carbonyl (C=O) groups is 2. The Morgan fingerprint density at radius 3 is 2.71 bits per heavy atom. The average molecular weight is 297 g/mol. The average Bonchev–Trinajstić information content (AvgIpc) is 2.26. The molecule has 0 atom stereocenters. The minimum atomic E-state index is -1.02. The summed E-state index contributed by atoms with van der Waals surface area (Å²) >= 11 is 3.22. The molecular formula is C13H13BrO3. The van der Waals surface area contributed by atoms with Crippen molar-refractivity contribution < 1.29 is 14.7 Å². The molecule has 17 heavy (non-hydrogen) atoms. The van der Waals surface area contributed by atoms with Gasteiger partial charge in [-0.15, -0.1) is 0 Å². The molecule has 4 heteroatoms. The molecule has 0 aliphatic rings. The van der Waals surface area contributed by atoms with Crippen molar-refractivity contribution in [1.29, 1.82) is 0 Å². The zero-order chi connectivity index (χ0) is 12.8. The van der Waals surface area contributed by atoms with Gasteiger partial charge >= 0.3 is 5.97 Å². The van der Waals surface area contributed by atoms with Gasteiger partial charge in [-0.3, -0.25) is 4.79 Å². The maximum absolute atomic E-state index is 11.8. The number of carbonyl (C=O) groups excluding carboxylic acids is 1. The van der Waals surface area contributed by atoms with Crippen molar-refractivity contribution in [3.63, 3.8) is 0 Å². The van der Waals surface area contributed by atoms with E-state index in [4.69, 9.17) is 5.11 Å². The topological polar surface area (TPSA) is 54.4 Å². The number of hydrogen-bond donors (Lipinski definition) is 1. The normalized spacial score (nSPS) is 10.7. The number of carboxylic acid groups (broad SMARTS) is 1. The van der Waals surface area contributed by atoms with E-state index in [1.54, 1.807) is 12.1 Å². The van der Waals surface area contributed by atoms with Crippen LogP contribution in [0.2, 0.25) is 0 Å². The van der Waals surface area contributed by atoms with Crippen molar-refractivity contribution in [2.24, 2.45) is 0 Å². The molecule has 1 aromatic carbocycles. The van der Waals surface area contributed by atoms with Crippen LogP contribution in [-0.4, -0.2) is 22.2 Å². The molecular weight excluding hydrogens is 284 g/mol. The van der Waals surface area contributed by atoms with Crippen LogP contribution in [0.15, 0.2) is 24.3 Å². The first-order valence-electron chi connectivity index (χ1n) is 5.15. The fourth-order valence-corrected chi connectivity index (χ4v) is 1.82. The van der Waals surface area contributed by atoms with Crippen LogP contribution >= 0.6 is 15.9 Å². The third-order valence-electron chi connectivity index (χ3n) is 2.23. The van der Waals surface area contributed by atoms with Crippen molar-refractivity contribution >= 4 is 33.8 Å². The molecule has 0 aliphatic carbocycles. The molecule has 0 unspecified atom stereocenters. The van der Waals surface area contributed by atoms with Gasteiger partial charge in [0.25, 0.3) is 0 Å². The predicted molar refractivity (Wildman–Crippen MR) is 70.6 cm³/mol. The Bertz CT molecular complexity index is 464. The molecule has 90 valence electrons. The van der Waals surface area contributed by atoms with Crippen molar-refractivity contribution in [1.82, 2.24) is 0 Å². The van der Waals surface area contributed by atoms with Gasteiger partial charge in [-0.1, -0.05) is 39.7 Å². The molecule has 0 radical (unpaired) electrons. The van der Waals surface area contributed by atoms with Gasteiger partial charge in [-0.2, -0.15) is 0 Å². The fourth-order valence-electron chi connectivity index (χ4n) is 1.46. The summed E-state index contributed by atoms with van der Waals surface area (Å²) in [5, 5.41) is 9.20. The lowest BCUT2D eigenvalue weighted by Crippen LogP contribution is -2.02. The molecule has 1 aromatic rings. The lowest BCUT2D eigenvalue weighted by atomic mass is 9.99. The van der Waals surface area contributed by atoms with Gasteiger partial charge < -0.3 is 5.11 Å². The summed E-state index contributed by atoms with van der Waals surface area (Å²) in [5.41, 5.74) is 2.20. The Morgan fingerprint density at radius 2 is 2.12 bits per heavy atom. The van der Waals surface area contributed by atoms with Crippen LogP contribution in [0.25, 0.3) is 6.08 Å². The number of rotatable bonds is 5. The van der Waals surface area contributed by atoms with Crippen LogP contribution in [0.3, 0.4) is 0 Å². The van der Waals surface area contributed by atoms with E-state index in [-0.39, 0.29) is 5.78 Å². The summed E-state index contributed by atoms with van der Waals surface area (Å²) < 4.78 is 0. The quantitative estimate of drug-likeness (QED) is 0.516. The van der Waals surface area contributed by atoms with Gasteiger partial charge in [0.1, 0.15) is 0 Å². The Labute approximate surface area is 108 Å². The van der Waals surface area contributed by atoms with Gasteiger partial charge in [0, 0.05) is 23.4 Å². The number of aliphatic carboxylic acids is 1. The number of alkyl halides is 1. The first-order chi connectivity index (χ1) is 8.04. The molecule has 0 spiro atoms. The summed E-state index contributed by atoms with van der Waals surface area (Å²) in [6.45, 7) is 1.90. The zero-order valence-electron chi connectivity index (χ0n) is 9.44. The zero-order valence-corrected chi connectivity index (χ0v) is 11.0. The van der Waals surface area contributed by atoms with Gasteiger partial charge in [0.15, 0.2) is 5.78 Å². The second-order valence-electron chi connectivity index (χ2n) is 3.62. The summed E-state index contributed by atoms with van der Waals surface area (Å²) in [6.07, 6.45) is 2.90. The van der Waals surface area contributed by atoms with E-state index in [9.17, 15) is 9.59 Å². The van der Waals surface area contributed by atoms with Crippen molar-refractivity contribution in [2.75, 3.05) is 5.33 Å². The number of carboxylic acids is 1. The molecule has 0 aromatic heterocycles. The standard InChI is InChI=1S/C13H13BrO3/c1-9-2-4-11(12(15)6-7-14)10(8-9)3-5-13(16)17/h2-5,8H,6-7H2,1H3,(H,16,17)/b5-3+. The first-order valence-corrected chi connectivity index (χ1v) is 6.27. The van der Waals surface area contributed by atoms with E-state index in [1.807, 2.05) is 13.0 Å². The number of hydrogen-bond acceptors (Lipinski definition) is 2. The predicted octanol–water partition coefficient (Wildman–Crippen LogP) is 3.06. The van der Waals surface area contributed by atoms with Crippen LogP contribution in [0, 0.1) is 6.92 Å². The van der Waals surface area contributed by atoms with Crippen molar-refractivity contribution in [2.45, 2.75) is 13.3 Å². The van der Waals surface area contributed by atoms with Gasteiger partial charge in [-0.25, -0.2) is 4.79 Å². The summed E-state index contributed by atoms with van der Waals surface area (Å²) in [7, 11) is 0. The van der Waals surface area contributed by atoms with E-state index in [0.717, 1.165) is 11.6 Å². The third-order valence-corrected chi connectivity index (χ3v) is 2.63. The van der Waals surface area contributed by atoms with Crippen LogP contribution in [0.5, 0.6) is 0 Å². The summed E-state index contributed by atoms with van der Waals surface area (Å²) in [6, 6.07) is 5.39. The number of halogens is 1. The van der Waals surface area contributed by atoms with Crippen LogP contribution in [0.4, 0.5) is 0 Å². The molecule has 0 saturated heterocycles. The van der Waals surface area contributed by atoms with Crippen LogP contribution in [0.1, 0.15) is 27.9 Å². The van der Waals surface area contributed by atoms with E-state index < -0.39 is 5.97 Å². The lowest BCUT2D eigenvalue weighted by molar-refractivity contribution is -0.131. The van der Waals surface area contributed by atoms with Crippen molar-refractivity contribution in [3.8, 4) is 0 Å². The second kappa shape index (κ2) is 6.35. The van der Waals surface area contributed by atoms with Gasteiger partial charge in [-0.05, 0) is 18.6 Å². The third kappa shape index (κ3) is 4.15. The molecule has 0 aliphatic heterocycles. The SMILES string of the molecule is Cc1ccc(C(=O)CCBr)c(/C=C/C(=O)O)c1. The minimum absolute atomic E-state index is 0.00640. The monoisotopic (exact) mass is 296 g/mol. The number of ketones is 1. The molecule has 3 nitrogen and oxygen atoms in total. The highest BCUT2D eigenvalue weighted by Gasteiger charge is 2.09. The van der Waals surface area contributed by atoms with E-state index in [1.165, 1.54) is 6.08 Å². The highest BCUT2D eigenvalue weighted by molar-refractivity contribution is 9.09. The Balaban J connectivity index is 3.12. The van der Waals surface area contributed by atoms with Crippen LogP contribution < -0.4 is 0 Å². The second-order valence-corrected chi connectivity index (χ2v) is 4.42. The molecule has 0 heterocycles. The van der Waals surface area contributed by atoms with E-state index in [0.29, 0.717) is 22.9 Å². The highest BCUT2D eigenvalue weighted by atomic mass is 79.9.